The molecule has 12 heteroatoms. The summed E-state index contributed by atoms with van der Waals surface area (Å²) in [5.41, 5.74) is 1.03. The van der Waals surface area contributed by atoms with Crippen LogP contribution in [0.2, 0.25) is 5.02 Å². The molecule has 1 aliphatic heterocycles. The third kappa shape index (κ3) is 5.74. The highest BCUT2D eigenvalue weighted by atomic mass is 35.5. The number of aliphatic hydroxyl groups excluding tert-OH is 3. The summed E-state index contributed by atoms with van der Waals surface area (Å²) in [6, 6.07) is 17.1. The van der Waals surface area contributed by atoms with Crippen LogP contribution in [0.15, 0.2) is 87.6 Å². The molecule has 0 radical (unpaired) electrons. The molecule has 3 aromatic carbocycles. The molecule has 46 heavy (non-hydrogen) atoms. The highest BCUT2D eigenvalue weighted by Gasteiger charge is 2.51. The van der Waals surface area contributed by atoms with Crippen molar-refractivity contribution in [1.82, 2.24) is 10.2 Å². The van der Waals surface area contributed by atoms with E-state index in [1.54, 1.807) is 60.7 Å². The quantitative estimate of drug-likeness (QED) is 0.201. The number of hydrogen-bond acceptors (Lipinski definition) is 9. The van der Waals surface area contributed by atoms with Crippen LogP contribution in [0.3, 0.4) is 0 Å². The summed E-state index contributed by atoms with van der Waals surface area (Å²) in [7, 11) is 1.44. The molecule has 0 bridgehead atoms. The van der Waals surface area contributed by atoms with Gasteiger partial charge in [-0.05, 0) is 53.6 Å². The molecule has 1 aromatic heterocycles. The van der Waals surface area contributed by atoms with Crippen LogP contribution in [0.25, 0.3) is 11.0 Å². The van der Waals surface area contributed by atoms with Crippen molar-refractivity contribution in [1.29, 1.82) is 0 Å². The lowest BCUT2D eigenvalue weighted by Gasteiger charge is -2.40. The SMILES string of the molecule is COc1cc(CO)cc2c1OC1C2C(C(=O)NCCO)=CC(N(Cc2ccc(Cl)cc2)C(=O)c2cc3ccccc3oc2=O)C1O. The van der Waals surface area contributed by atoms with E-state index in [0.29, 0.717) is 44.2 Å². The minimum absolute atomic E-state index is 0.0416. The van der Waals surface area contributed by atoms with Crippen LogP contribution in [-0.4, -0.2) is 70.5 Å². The number of nitrogens with one attached hydrogen (secondary N) is 1. The van der Waals surface area contributed by atoms with Crippen molar-refractivity contribution in [2.75, 3.05) is 20.3 Å². The Hall–Kier alpha value is -4.68. The normalized spacial score (nSPS) is 19.9. The third-order valence-electron chi connectivity index (χ3n) is 8.25. The molecule has 4 N–H and O–H groups in total. The molecule has 0 fully saturated rings. The van der Waals surface area contributed by atoms with E-state index >= 15 is 0 Å². The van der Waals surface area contributed by atoms with Gasteiger partial charge >= 0.3 is 5.63 Å². The van der Waals surface area contributed by atoms with Gasteiger partial charge in [-0.15, -0.1) is 0 Å². The Morgan fingerprint density at radius 2 is 1.80 bits per heavy atom. The van der Waals surface area contributed by atoms with E-state index in [0.717, 1.165) is 0 Å². The summed E-state index contributed by atoms with van der Waals surface area (Å²) < 4.78 is 17.3. The molecule has 0 saturated heterocycles. The number of ether oxygens (including phenoxy) is 2. The van der Waals surface area contributed by atoms with Crippen LogP contribution >= 0.6 is 11.6 Å². The second kappa shape index (κ2) is 13.0. The van der Waals surface area contributed by atoms with Gasteiger partial charge in [0, 0.05) is 34.6 Å². The number of amides is 2. The smallest absolute Gasteiger partial charge is 0.349 e. The van der Waals surface area contributed by atoms with E-state index in [2.05, 4.69) is 5.32 Å². The Bertz CT molecular complexity index is 1890. The molecule has 4 aromatic rings. The van der Waals surface area contributed by atoms with E-state index in [4.69, 9.17) is 25.5 Å². The molecule has 0 saturated carbocycles. The van der Waals surface area contributed by atoms with Crippen LogP contribution in [0, 0.1) is 0 Å². The minimum Gasteiger partial charge on any atom is -0.493 e. The van der Waals surface area contributed by atoms with Crippen LogP contribution in [0.4, 0.5) is 0 Å². The lowest BCUT2D eigenvalue weighted by Crippen LogP contribution is -2.55. The predicted molar refractivity (Wildman–Crippen MR) is 168 cm³/mol. The molecule has 6 rings (SSSR count). The topological polar surface area (TPSA) is 159 Å². The first-order valence-electron chi connectivity index (χ1n) is 14.6. The van der Waals surface area contributed by atoms with Crippen molar-refractivity contribution >= 4 is 34.4 Å². The average molecular weight is 647 g/mol. The van der Waals surface area contributed by atoms with Gasteiger partial charge in [-0.3, -0.25) is 9.59 Å². The van der Waals surface area contributed by atoms with Gasteiger partial charge in [0.05, 0.1) is 32.3 Å². The zero-order valence-electron chi connectivity index (χ0n) is 24.7. The number of halogens is 1. The second-order valence-electron chi connectivity index (χ2n) is 11.1. The molecule has 4 unspecified atom stereocenters. The number of benzene rings is 3. The van der Waals surface area contributed by atoms with Gasteiger partial charge in [-0.25, -0.2) is 4.79 Å². The van der Waals surface area contributed by atoms with E-state index in [-0.39, 0.29) is 37.4 Å². The summed E-state index contributed by atoms with van der Waals surface area (Å²) in [6.45, 7) is -0.734. The Labute approximate surface area is 268 Å². The van der Waals surface area contributed by atoms with Gasteiger partial charge in [-0.1, -0.05) is 41.9 Å². The average Bonchev–Trinajstić information content (AvgIpc) is 3.46. The van der Waals surface area contributed by atoms with Crippen molar-refractivity contribution in [3.05, 3.63) is 116 Å². The first kappa shape index (κ1) is 31.3. The number of fused-ring (bicyclic) bond motifs is 4. The van der Waals surface area contributed by atoms with Crippen molar-refractivity contribution in [3.8, 4) is 11.5 Å². The van der Waals surface area contributed by atoms with Gasteiger partial charge < -0.3 is 39.4 Å². The van der Waals surface area contributed by atoms with Crippen molar-refractivity contribution in [2.45, 2.75) is 37.3 Å². The van der Waals surface area contributed by atoms with Crippen molar-refractivity contribution in [3.63, 3.8) is 0 Å². The number of aliphatic hydroxyl groups is 3. The van der Waals surface area contributed by atoms with Gasteiger partial charge in [0.15, 0.2) is 11.5 Å². The lowest BCUT2D eigenvalue weighted by atomic mass is 9.77. The first-order chi connectivity index (χ1) is 22.2. The molecule has 238 valence electrons. The molecule has 4 atom stereocenters. The number of para-hydroxylation sites is 1. The maximum Gasteiger partial charge on any atom is 0.349 e. The molecular formula is C34H31ClN2O9. The third-order valence-corrected chi connectivity index (χ3v) is 8.51. The fourth-order valence-corrected chi connectivity index (χ4v) is 6.21. The highest BCUT2D eigenvalue weighted by Crippen LogP contribution is 2.51. The largest absolute Gasteiger partial charge is 0.493 e. The lowest BCUT2D eigenvalue weighted by molar-refractivity contribution is -0.118. The summed E-state index contributed by atoms with van der Waals surface area (Å²) in [5.74, 6) is -1.49. The number of nitrogens with zero attached hydrogens (tertiary/aromatic N) is 1. The van der Waals surface area contributed by atoms with E-state index < -0.39 is 41.6 Å². The van der Waals surface area contributed by atoms with Crippen LogP contribution in [0.5, 0.6) is 11.5 Å². The number of methoxy groups -OCH3 is 1. The standard InChI is InChI=1S/C34H31ClN2O9/c1-44-27-13-19(17-39)12-22-28-23(32(41)36-10-11-38)15-25(29(40)31(28)46-30(22)27)37(16-18-6-8-21(35)9-7-18)33(42)24-14-20-4-2-3-5-26(20)45-34(24)43/h2-9,12-15,25,28-29,31,38-40H,10-11,16-17H2,1H3,(H,36,41). The van der Waals surface area contributed by atoms with E-state index in [9.17, 15) is 29.7 Å². The van der Waals surface area contributed by atoms with E-state index in [1.165, 1.54) is 24.2 Å². The van der Waals surface area contributed by atoms with Gasteiger partial charge in [0.25, 0.3) is 5.91 Å². The first-order valence-corrected chi connectivity index (χ1v) is 15.0. The van der Waals surface area contributed by atoms with Crippen molar-refractivity contribution < 1.29 is 38.8 Å². The zero-order chi connectivity index (χ0) is 32.5. The summed E-state index contributed by atoms with van der Waals surface area (Å²) in [6.07, 6.45) is -0.958. The maximum atomic E-state index is 14.3. The Kier molecular flexibility index (Phi) is 8.83. The molecule has 2 aliphatic rings. The Balaban J connectivity index is 1.50. The second-order valence-corrected chi connectivity index (χ2v) is 11.5. The van der Waals surface area contributed by atoms with Gasteiger partial charge in [0.2, 0.25) is 5.91 Å². The minimum atomic E-state index is -1.39. The fraction of sp³-hybridized carbons (Fsp3) is 0.265. The van der Waals surface area contributed by atoms with E-state index in [1.807, 2.05) is 0 Å². The Morgan fingerprint density at radius 1 is 1.04 bits per heavy atom. The summed E-state index contributed by atoms with van der Waals surface area (Å²) >= 11 is 6.11. The van der Waals surface area contributed by atoms with Crippen LogP contribution in [-0.2, 0) is 17.9 Å². The number of carbonyl (C=O) groups excluding carboxylic acids is 2. The number of hydrogen-bond donors (Lipinski definition) is 4. The van der Waals surface area contributed by atoms with Crippen LogP contribution < -0.4 is 20.4 Å². The molecule has 0 spiro atoms. The zero-order valence-corrected chi connectivity index (χ0v) is 25.4. The van der Waals surface area contributed by atoms with Crippen molar-refractivity contribution in [2.24, 2.45) is 0 Å². The highest BCUT2D eigenvalue weighted by molar-refractivity contribution is 6.30. The molecule has 1 aliphatic carbocycles. The summed E-state index contributed by atoms with van der Waals surface area (Å²) in [4.78, 5) is 42.4. The number of rotatable bonds is 9. The van der Waals surface area contributed by atoms with Crippen LogP contribution in [0.1, 0.15) is 33.0 Å². The monoisotopic (exact) mass is 646 g/mol. The molecular weight excluding hydrogens is 616 g/mol. The number of carbonyl (C=O) groups is 2. The van der Waals surface area contributed by atoms with Gasteiger partial charge in [0.1, 0.15) is 23.4 Å². The maximum absolute atomic E-state index is 14.3. The molecule has 2 heterocycles. The van der Waals surface area contributed by atoms with Gasteiger partial charge in [-0.2, -0.15) is 0 Å². The molecule has 11 nitrogen and oxygen atoms in total. The Morgan fingerprint density at radius 3 is 2.52 bits per heavy atom. The fourth-order valence-electron chi connectivity index (χ4n) is 6.08. The summed E-state index contributed by atoms with van der Waals surface area (Å²) in [5, 5.41) is 35.0. The predicted octanol–water partition coefficient (Wildman–Crippen LogP) is 2.91. The molecule has 2 amide bonds.